The van der Waals surface area contributed by atoms with Crippen LogP contribution in [0.5, 0.6) is 5.75 Å². The van der Waals surface area contributed by atoms with E-state index in [-0.39, 0.29) is 6.10 Å². The molecule has 0 aliphatic rings. The Labute approximate surface area is 96.3 Å². The smallest absolute Gasteiger partial charge is 0.264 e. The third kappa shape index (κ3) is 4.63. The molecule has 0 aromatic heterocycles. The van der Waals surface area contributed by atoms with E-state index in [1.807, 2.05) is 24.3 Å². The number of hydrogen-bond acceptors (Lipinski definition) is 4. The second kappa shape index (κ2) is 5.32. The molecule has 0 spiro atoms. The molecule has 16 heavy (non-hydrogen) atoms. The van der Waals surface area contributed by atoms with Crippen molar-refractivity contribution in [2.24, 2.45) is 0 Å². The fourth-order valence-electron chi connectivity index (χ4n) is 1.46. The lowest BCUT2D eigenvalue weighted by molar-refractivity contribution is 0.231. The Hall–Kier alpha value is -1.07. The molecule has 0 amide bonds. The Morgan fingerprint density at radius 3 is 2.62 bits per heavy atom. The van der Waals surface area contributed by atoms with Gasteiger partial charge in [-0.3, -0.25) is 4.18 Å². The van der Waals surface area contributed by atoms with Gasteiger partial charge in [0.2, 0.25) is 0 Å². The zero-order valence-corrected chi connectivity index (χ0v) is 10.5. The summed E-state index contributed by atoms with van der Waals surface area (Å²) in [6, 6.07) is 7.47. The summed E-state index contributed by atoms with van der Waals surface area (Å²) >= 11 is 0. The van der Waals surface area contributed by atoms with Crippen LogP contribution < -0.4 is 4.74 Å². The normalized spacial score (nSPS) is 13.4. The molecule has 0 N–H and O–H groups in total. The molecule has 0 aliphatic carbocycles. The van der Waals surface area contributed by atoms with Crippen LogP contribution in [0.2, 0.25) is 0 Å². The molecule has 0 aliphatic heterocycles. The first-order valence-electron chi connectivity index (χ1n) is 4.92. The summed E-state index contributed by atoms with van der Waals surface area (Å²) in [5.41, 5.74) is 0.982. The molecule has 0 radical (unpaired) electrons. The number of benzene rings is 1. The first-order valence-corrected chi connectivity index (χ1v) is 6.73. The van der Waals surface area contributed by atoms with Gasteiger partial charge in [0.15, 0.2) is 0 Å². The first kappa shape index (κ1) is 13.0. The summed E-state index contributed by atoms with van der Waals surface area (Å²) in [4.78, 5) is 0. The van der Waals surface area contributed by atoms with Gasteiger partial charge in [-0.2, -0.15) is 8.42 Å². The first-order chi connectivity index (χ1) is 7.40. The Morgan fingerprint density at radius 1 is 1.38 bits per heavy atom. The quantitative estimate of drug-likeness (QED) is 0.738. The Kier molecular flexibility index (Phi) is 4.32. The highest BCUT2D eigenvalue weighted by Gasteiger charge is 2.11. The van der Waals surface area contributed by atoms with Crippen LogP contribution in [0.15, 0.2) is 24.3 Å². The zero-order valence-electron chi connectivity index (χ0n) is 9.64. The molecule has 1 atom stereocenters. The zero-order chi connectivity index (χ0) is 12.2. The molecule has 1 aromatic carbocycles. The van der Waals surface area contributed by atoms with Crippen LogP contribution in [-0.2, 0) is 20.7 Å². The van der Waals surface area contributed by atoms with E-state index in [1.165, 1.54) is 0 Å². The maximum Gasteiger partial charge on any atom is 0.264 e. The molecule has 90 valence electrons. The summed E-state index contributed by atoms with van der Waals surface area (Å²) in [5.74, 6) is 0.754. The molecule has 1 aromatic rings. The van der Waals surface area contributed by atoms with Gasteiger partial charge in [0.25, 0.3) is 10.1 Å². The minimum absolute atomic E-state index is 0.373. The average molecular weight is 244 g/mol. The second-order valence-corrected chi connectivity index (χ2v) is 5.27. The van der Waals surface area contributed by atoms with Crippen molar-refractivity contribution in [1.82, 2.24) is 0 Å². The summed E-state index contributed by atoms with van der Waals surface area (Å²) in [7, 11) is -1.80. The van der Waals surface area contributed by atoms with Crippen molar-refractivity contribution in [1.29, 1.82) is 0 Å². The number of rotatable bonds is 5. The van der Waals surface area contributed by atoms with Crippen LogP contribution in [0, 0.1) is 0 Å². The van der Waals surface area contributed by atoms with Gasteiger partial charge < -0.3 is 4.74 Å². The average Bonchev–Trinajstić information content (AvgIpc) is 2.15. The molecule has 4 nitrogen and oxygen atoms in total. The maximum absolute atomic E-state index is 10.9. The molecule has 1 unspecified atom stereocenters. The van der Waals surface area contributed by atoms with E-state index in [2.05, 4.69) is 0 Å². The van der Waals surface area contributed by atoms with Crippen LogP contribution >= 0.6 is 0 Å². The highest BCUT2D eigenvalue weighted by atomic mass is 32.2. The fourth-order valence-corrected chi connectivity index (χ4v) is 2.13. The number of methoxy groups -OCH3 is 1. The molecule has 0 saturated heterocycles. The van der Waals surface area contributed by atoms with Gasteiger partial charge in [-0.25, -0.2) is 0 Å². The van der Waals surface area contributed by atoms with E-state index in [1.54, 1.807) is 14.0 Å². The lowest BCUT2D eigenvalue weighted by Gasteiger charge is -2.11. The Morgan fingerprint density at radius 2 is 2.06 bits per heavy atom. The number of hydrogen-bond donors (Lipinski definition) is 0. The van der Waals surface area contributed by atoms with Crippen molar-refractivity contribution < 1.29 is 17.3 Å². The molecule has 1 rings (SSSR count). The third-order valence-electron chi connectivity index (χ3n) is 2.00. The monoisotopic (exact) mass is 244 g/mol. The van der Waals surface area contributed by atoms with Gasteiger partial charge in [0.05, 0.1) is 19.5 Å². The summed E-state index contributed by atoms with van der Waals surface area (Å²) < 4.78 is 31.7. The van der Waals surface area contributed by atoms with Crippen molar-refractivity contribution in [2.45, 2.75) is 19.4 Å². The fraction of sp³-hybridized carbons (Fsp3) is 0.455. The molecule has 0 saturated carbocycles. The lowest BCUT2D eigenvalue weighted by atomic mass is 10.1. The molecule has 0 heterocycles. The summed E-state index contributed by atoms with van der Waals surface area (Å²) in [6.07, 6.45) is 1.21. The van der Waals surface area contributed by atoms with Crippen molar-refractivity contribution in [2.75, 3.05) is 13.4 Å². The van der Waals surface area contributed by atoms with Crippen LogP contribution in [0.1, 0.15) is 12.5 Å². The Balaban J connectivity index is 2.65. The van der Waals surface area contributed by atoms with E-state index in [9.17, 15) is 8.42 Å². The standard InChI is InChI=1S/C11H16O4S/c1-9(15-16(3,12)13)7-10-5-4-6-11(8-10)14-2/h4-6,8-9H,7H2,1-3H3. The van der Waals surface area contributed by atoms with E-state index in [4.69, 9.17) is 8.92 Å². The molecular formula is C11H16O4S. The van der Waals surface area contributed by atoms with Gasteiger partial charge in [-0.1, -0.05) is 12.1 Å². The maximum atomic E-state index is 10.9. The van der Waals surface area contributed by atoms with Gasteiger partial charge in [-0.15, -0.1) is 0 Å². The van der Waals surface area contributed by atoms with E-state index >= 15 is 0 Å². The van der Waals surface area contributed by atoms with Gasteiger partial charge in [0.1, 0.15) is 5.75 Å². The van der Waals surface area contributed by atoms with Crippen LogP contribution in [0.4, 0.5) is 0 Å². The SMILES string of the molecule is COc1cccc(CC(C)OS(C)(=O)=O)c1. The molecule has 0 bridgehead atoms. The highest BCUT2D eigenvalue weighted by Crippen LogP contribution is 2.15. The largest absolute Gasteiger partial charge is 0.497 e. The topological polar surface area (TPSA) is 52.6 Å². The van der Waals surface area contributed by atoms with Gasteiger partial charge >= 0.3 is 0 Å². The minimum atomic E-state index is -3.39. The third-order valence-corrected chi connectivity index (χ3v) is 2.67. The van der Waals surface area contributed by atoms with Crippen LogP contribution in [-0.4, -0.2) is 27.9 Å². The molecule has 5 heteroatoms. The molecular weight excluding hydrogens is 228 g/mol. The second-order valence-electron chi connectivity index (χ2n) is 3.67. The van der Waals surface area contributed by atoms with E-state index < -0.39 is 10.1 Å². The van der Waals surface area contributed by atoms with Gasteiger partial charge in [0, 0.05) is 0 Å². The minimum Gasteiger partial charge on any atom is -0.497 e. The van der Waals surface area contributed by atoms with Gasteiger partial charge in [-0.05, 0) is 31.0 Å². The predicted molar refractivity (Wildman–Crippen MR) is 62.1 cm³/mol. The molecule has 0 fully saturated rings. The predicted octanol–water partition coefficient (Wildman–Crippen LogP) is 1.60. The van der Waals surface area contributed by atoms with E-state index in [0.717, 1.165) is 17.6 Å². The number of ether oxygens (including phenoxy) is 1. The Bertz CT molecular complexity index is 439. The van der Waals surface area contributed by atoms with Crippen molar-refractivity contribution in [3.05, 3.63) is 29.8 Å². The van der Waals surface area contributed by atoms with Crippen LogP contribution in [0.25, 0.3) is 0 Å². The summed E-state index contributed by atoms with van der Waals surface area (Å²) in [6.45, 7) is 1.72. The summed E-state index contributed by atoms with van der Waals surface area (Å²) in [5, 5.41) is 0. The lowest BCUT2D eigenvalue weighted by Crippen LogP contribution is -2.16. The highest BCUT2D eigenvalue weighted by molar-refractivity contribution is 7.86. The van der Waals surface area contributed by atoms with E-state index in [0.29, 0.717) is 6.42 Å². The van der Waals surface area contributed by atoms with Crippen molar-refractivity contribution in [3.63, 3.8) is 0 Å². The van der Waals surface area contributed by atoms with Crippen molar-refractivity contribution >= 4 is 10.1 Å². The van der Waals surface area contributed by atoms with Crippen molar-refractivity contribution in [3.8, 4) is 5.75 Å². The van der Waals surface area contributed by atoms with Crippen LogP contribution in [0.3, 0.4) is 0 Å².